The van der Waals surface area contributed by atoms with Gasteiger partial charge in [-0.15, -0.1) is 0 Å². The van der Waals surface area contributed by atoms with Gasteiger partial charge >= 0.3 is 0 Å². The van der Waals surface area contributed by atoms with Crippen molar-refractivity contribution < 1.29 is 8.91 Å². The van der Waals surface area contributed by atoms with Crippen LogP contribution < -0.4 is 0 Å². The van der Waals surface area contributed by atoms with Gasteiger partial charge < -0.3 is 4.79 Å². The maximum atomic E-state index is 10.5. The van der Waals surface area contributed by atoms with Crippen molar-refractivity contribution in [1.29, 1.82) is 0 Å². The standard InChI is InChI=1S/C12H16O/c1-10(2)12-7-5-11(6-8-12)4-3-9-13/h5-10H,3-4H2,1-2H3/i3D2,4D. The van der Waals surface area contributed by atoms with Crippen LogP contribution in [0.4, 0.5) is 0 Å². The van der Waals surface area contributed by atoms with Crippen LogP contribution in [0.15, 0.2) is 24.3 Å². The van der Waals surface area contributed by atoms with E-state index < -0.39 is 12.8 Å². The third-order valence-electron chi connectivity index (χ3n) is 1.92. The molecule has 0 amide bonds. The molecule has 0 aliphatic rings. The van der Waals surface area contributed by atoms with E-state index in [9.17, 15) is 4.79 Å². The summed E-state index contributed by atoms with van der Waals surface area (Å²) in [5.74, 6) is 0.404. The number of aldehydes is 1. The second kappa shape index (κ2) is 4.80. The third-order valence-corrected chi connectivity index (χ3v) is 1.92. The fraction of sp³-hybridized carbons (Fsp3) is 0.417. The summed E-state index contributed by atoms with van der Waals surface area (Å²) >= 11 is 0. The van der Waals surface area contributed by atoms with Crippen molar-refractivity contribution in [2.45, 2.75) is 32.5 Å². The number of carbonyl (C=O) groups excluding carboxylic acids is 1. The SMILES string of the molecule is [2H]C(c1ccc(C(C)C)cc1)C([2H])([2H])C=O. The molecule has 1 aromatic rings. The lowest BCUT2D eigenvalue weighted by atomic mass is 10.0. The molecule has 1 atom stereocenters. The molecule has 0 aliphatic carbocycles. The average molecular weight is 179 g/mol. The molecule has 0 N–H and O–H groups in total. The van der Waals surface area contributed by atoms with Crippen molar-refractivity contribution >= 4 is 6.29 Å². The van der Waals surface area contributed by atoms with Crippen LogP contribution in [0.5, 0.6) is 0 Å². The van der Waals surface area contributed by atoms with Crippen molar-refractivity contribution in [3.63, 3.8) is 0 Å². The lowest BCUT2D eigenvalue weighted by Crippen LogP contribution is -1.89. The normalized spacial score (nSPS) is 17.3. The lowest BCUT2D eigenvalue weighted by Gasteiger charge is -2.05. The predicted octanol–water partition coefficient (Wildman–Crippen LogP) is 2.94. The first kappa shape index (κ1) is 6.36. The summed E-state index contributed by atoms with van der Waals surface area (Å²) in [6.45, 7) is 4.13. The second-order valence-corrected chi connectivity index (χ2v) is 3.25. The Bertz CT molecular complexity index is 357. The first-order chi connectivity index (χ1) is 7.38. The van der Waals surface area contributed by atoms with E-state index in [2.05, 4.69) is 13.8 Å². The van der Waals surface area contributed by atoms with Crippen LogP contribution in [-0.2, 0) is 11.2 Å². The molecule has 0 aromatic heterocycles. The van der Waals surface area contributed by atoms with Gasteiger partial charge in [-0.05, 0) is 23.4 Å². The summed E-state index contributed by atoms with van der Waals surface area (Å²) in [7, 11) is 0. The second-order valence-electron chi connectivity index (χ2n) is 3.25. The monoisotopic (exact) mass is 179 g/mol. The first-order valence-corrected chi connectivity index (χ1v) is 4.37. The quantitative estimate of drug-likeness (QED) is 0.649. The number of benzene rings is 1. The number of carbonyl (C=O) groups is 1. The molecule has 0 saturated carbocycles. The van der Waals surface area contributed by atoms with Crippen LogP contribution in [0.2, 0.25) is 0 Å². The zero-order chi connectivity index (χ0) is 12.3. The molecule has 0 bridgehead atoms. The van der Waals surface area contributed by atoms with Gasteiger partial charge in [-0.3, -0.25) is 0 Å². The Hall–Kier alpha value is -1.11. The Morgan fingerprint density at radius 1 is 1.38 bits per heavy atom. The fourth-order valence-corrected chi connectivity index (χ4v) is 1.11. The van der Waals surface area contributed by atoms with Gasteiger partial charge in [0.05, 0.1) is 0 Å². The highest BCUT2D eigenvalue weighted by Crippen LogP contribution is 2.15. The molecule has 1 rings (SSSR count). The van der Waals surface area contributed by atoms with E-state index in [-0.39, 0.29) is 6.29 Å². The Morgan fingerprint density at radius 2 is 2.00 bits per heavy atom. The lowest BCUT2D eigenvalue weighted by molar-refractivity contribution is -0.107. The van der Waals surface area contributed by atoms with Gasteiger partial charge in [0.2, 0.25) is 0 Å². The van der Waals surface area contributed by atoms with Gasteiger partial charge in [-0.2, -0.15) is 0 Å². The van der Waals surface area contributed by atoms with E-state index in [1.807, 2.05) is 12.1 Å². The largest absolute Gasteiger partial charge is 0.303 e. The molecule has 0 fully saturated rings. The summed E-state index contributed by atoms with van der Waals surface area (Å²) in [5.41, 5.74) is 1.67. The van der Waals surface area contributed by atoms with E-state index in [1.54, 1.807) is 12.1 Å². The average Bonchev–Trinajstić information content (AvgIpc) is 2.28. The van der Waals surface area contributed by atoms with Crippen LogP contribution in [0, 0.1) is 0 Å². The third kappa shape index (κ3) is 3.02. The Kier molecular flexibility index (Phi) is 2.35. The zero-order valence-corrected chi connectivity index (χ0v) is 7.95. The van der Waals surface area contributed by atoms with Crippen LogP contribution in [0.25, 0.3) is 0 Å². The van der Waals surface area contributed by atoms with Crippen molar-refractivity contribution in [1.82, 2.24) is 0 Å². The highest BCUT2D eigenvalue weighted by atomic mass is 16.1. The molecule has 0 saturated heterocycles. The Morgan fingerprint density at radius 3 is 2.46 bits per heavy atom. The predicted molar refractivity (Wildman–Crippen MR) is 54.9 cm³/mol. The van der Waals surface area contributed by atoms with E-state index in [0.717, 1.165) is 5.56 Å². The topological polar surface area (TPSA) is 17.1 Å². The van der Waals surface area contributed by atoms with Gasteiger partial charge in [0.25, 0.3) is 0 Å². The smallest absolute Gasteiger partial charge is 0.120 e. The molecular weight excluding hydrogens is 160 g/mol. The summed E-state index contributed by atoms with van der Waals surface area (Å²) in [5, 5.41) is 0. The van der Waals surface area contributed by atoms with E-state index in [0.29, 0.717) is 11.5 Å². The maximum Gasteiger partial charge on any atom is 0.120 e. The fourth-order valence-electron chi connectivity index (χ4n) is 1.11. The van der Waals surface area contributed by atoms with Crippen LogP contribution in [0.1, 0.15) is 41.4 Å². The molecule has 0 radical (unpaired) electrons. The minimum Gasteiger partial charge on any atom is -0.303 e. The minimum absolute atomic E-state index is 0.195. The summed E-state index contributed by atoms with van der Waals surface area (Å²) in [4.78, 5) is 10.5. The van der Waals surface area contributed by atoms with Crippen molar-refractivity contribution in [3.05, 3.63) is 35.4 Å². The molecule has 0 spiro atoms. The molecule has 0 aliphatic heterocycles. The molecule has 0 heterocycles. The summed E-state index contributed by atoms with van der Waals surface area (Å²) in [6, 6.07) is 7.19. The summed E-state index contributed by atoms with van der Waals surface area (Å²) < 4.78 is 22.4. The molecule has 1 unspecified atom stereocenters. The summed E-state index contributed by atoms with van der Waals surface area (Å²) in [6.07, 6.45) is -3.09. The molecule has 70 valence electrons. The first-order valence-electron chi connectivity index (χ1n) is 5.94. The maximum absolute atomic E-state index is 10.5. The Balaban J connectivity index is 2.94. The van der Waals surface area contributed by atoms with E-state index in [1.165, 1.54) is 0 Å². The Labute approximate surface area is 84.0 Å². The number of aryl methyl sites for hydroxylation is 1. The number of rotatable bonds is 4. The van der Waals surface area contributed by atoms with Gasteiger partial charge in [-0.25, -0.2) is 0 Å². The molecule has 1 nitrogen and oxygen atoms in total. The van der Waals surface area contributed by atoms with Gasteiger partial charge in [-0.1, -0.05) is 38.1 Å². The number of hydrogen-bond donors (Lipinski definition) is 0. The van der Waals surface area contributed by atoms with Crippen molar-refractivity contribution in [3.8, 4) is 0 Å². The highest BCUT2D eigenvalue weighted by Gasteiger charge is 1.98. The minimum atomic E-state index is -2.13. The van der Waals surface area contributed by atoms with Gasteiger partial charge in [0.1, 0.15) is 6.29 Å². The van der Waals surface area contributed by atoms with Gasteiger partial charge in [0.15, 0.2) is 0 Å². The zero-order valence-electron chi connectivity index (χ0n) is 10.9. The highest BCUT2D eigenvalue weighted by molar-refractivity contribution is 5.50. The molecule has 1 aromatic carbocycles. The van der Waals surface area contributed by atoms with Crippen molar-refractivity contribution in [2.24, 2.45) is 0 Å². The molecular formula is C12H16O. The number of hydrogen-bond acceptors (Lipinski definition) is 1. The van der Waals surface area contributed by atoms with Crippen LogP contribution in [0.3, 0.4) is 0 Å². The van der Waals surface area contributed by atoms with Crippen molar-refractivity contribution in [2.75, 3.05) is 0 Å². The van der Waals surface area contributed by atoms with Crippen LogP contribution in [-0.4, -0.2) is 6.29 Å². The van der Waals surface area contributed by atoms with Crippen LogP contribution >= 0.6 is 0 Å². The molecule has 1 heteroatoms. The molecule has 13 heavy (non-hydrogen) atoms. The van der Waals surface area contributed by atoms with Gasteiger partial charge in [0, 0.05) is 10.5 Å². The van der Waals surface area contributed by atoms with E-state index in [4.69, 9.17) is 4.11 Å². The van der Waals surface area contributed by atoms with E-state index >= 15 is 0 Å².